The third kappa shape index (κ3) is 4.29. The van der Waals surface area contributed by atoms with Crippen molar-refractivity contribution in [1.29, 1.82) is 0 Å². The summed E-state index contributed by atoms with van der Waals surface area (Å²) in [7, 11) is 0. The molecule has 1 heterocycles. The predicted octanol–water partition coefficient (Wildman–Crippen LogP) is 3.57. The monoisotopic (exact) mass is 290 g/mol. The van der Waals surface area contributed by atoms with Gasteiger partial charge in [-0.3, -0.25) is 0 Å². The van der Waals surface area contributed by atoms with Gasteiger partial charge in [-0.25, -0.2) is 0 Å². The molecule has 1 aromatic rings. The molecule has 0 amide bonds. The van der Waals surface area contributed by atoms with Gasteiger partial charge in [0.2, 0.25) is 0 Å². The van der Waals surface area contributed by atoms with E-state index >= 15 is 0 Å². The molecule has 1 fully saturated rings. The van der Waals surface area contributed by atoms with Crippen LogP contribution in [-0.4, -0.2) is 29.5 Å². The zero-order valence-electron chi connectivity index (χ0n) is 12.4. The number of benzene rings is 1. The van der Waals surface area contributed by atoms with E-state index in [1.54, 1.807) is 0 Å². The Bertz CT molecular complexity index is 418. The van der Waals surface area contributed by atoms with Crippen molar-refractivity contribution >= 4 is 17.2 Å². The molecule has 2 N–H and O–H groups in total. The lowest BCUT2D eigenvalue weighted by atomic mass is 9.98. The lowest BCUT2D eigenvalue weighted by Crippen LogP contribution is -2.34. The minimum absolute atomic E-state index is 0.185. The summed E-state index contributed by atoms with van der Waals surface area (Å²) >= 11 is 5.30. The molecule has 0 saturated carbocycles. The van der Waals surface area contributed by atoms with Gasteiger partial charge in [-0.1, -0.05) is 55.9 Å². The van der Waals surface area contributed by atoms with Crippen molar-refractivity contribution in [1.82, 2.24) is 4.90 Å². The Morgan fingerprint density at radius 2 is 2.05 bits per heavy atom. The van der Waals surface area contributed by atoms with E-state index in [1.807, 2.05) is 6.07 Å². The molecule has 1 saturated heterocycles. The summed E-state index contributed by atoms with van der Waals surface area (Å²) in [5.74, 6) is 1.09. The third-order valence-corrected chi connectivity index (χ3v) is 4.79. The molecule has 0 aromatic heterocycles. The van der Waals surface area contributed by atoms with E-state index < -0.39 is 0 Å². The van der Waals surface area contributed by atoms with Crippen LogP contribution in [0.4, 0.5) is 0 Å². The quantitative estimate of drug-likeness (QED) is 0.841. The molecular formula is C17H26N2S. The average molecular weight is 290 g/mol. The molecule has 2 unspecified atom stereocenters. The van der Waals surface area contributed by atoms with E-state index in [4.69, 9.17) is 18.0 Å². The van der Waals surface area contributed by atoms with Gasteiger partial charge in [0, 0.05) is 12.5 Å². The maximum absolute atomic E-state index is 5.98. The van der Waals surface area contributed by atoms with Gasteiger partial charge in [0.15, 0.2) is 0 Å². The Morgan fingerprint density at radius 3 is 2.70 bits per heavy atom. The Labute approximate surface area is 128 Å². The molecule has 2 rings (SSSR count). The average Bonchev–Trinajstić information content (AvgIpc) is 2.70. The number of likely N-dealkylation sites (tertiary alicyclic amines) is 1. The molecule has 2 nitrogen and oxygen atoms in total. The highest BCUT2D eigenvalue weighted by Crippen LogP contribution is 2.23. The van der Waals surface area contributed by atoms with Gasteiger partial charge in [0.25, 0.3) is 0 Å². The molecule has 3 heteroatoms. The molecule has 2 atom stereocenters. The van der Waals surface area contributed by atoms with Gasteiger partial charge < -0.3 is 10.6 Å². The van der Waals surface area contributed by atoms with Gasteiger partial charge in [-0.2, -0.15) is 0 Å². The molecule has 1 aromatic carbocycles. The lowest BCUT2D eigenvalue weighted by molar-refractivity contribution is 0.277. The maximum Gasteiger partial charge on any atom is 0.0816 e. The number of thiocarbonyl (C=S) groups is 1. The van der Waals surface area contributed by atoms with Gasteiger partial charge in [0.1, 0.15) is 0 Å². The number of rotatable bonds is 5. The second kappa shape index (κ2) is 7.75. The van der Waals surface area contributed by atoms with Crippen LogP contribution < -0.4 is 5.73 Å². The van der Waals surface area contributed by atoms with E-state index in [0.717, 1.165) is 12.5 Å². The van der Waals surface area contributed by atoms with E-state index in [0.29, 0.717) is 4.99 Å². The molecule has 1 aliphatic heterocycles. The van der Waals surface area contributed by atoms with Crippen LogP contribution in [0.5, 0.6) is 0 Å². The first-order valence-corrected chi connectivity index (χ1v) is 8.18. The summed E-state index contributed by atoms with van der Waals surface area (Å²) in [4.78, 5) is 3.17. The van der Waals surface area contributed by atoms with Crippen molar-refractivity contribution in [3.63, 3.8) is 0 Å². The Morgan fingerprint density at radius 1 is 1.30 bits per heavy atom. The third-order valence-electron chi connectivity index (χ3n) is 4.50. The van der Waals surface area contributed by atoms with Crippen LogP contribution >= 0.6 is 12.2 Å². The summed E-state index contributed by atoms with van der Waals surface area (Å²) in [6, 6.07) is 10.4. The van der Waals surface area contributed by atoms with Crippen molar-refractivity contribution in [3.05, 3.63) is 35.9 Å². The van der Waals surface area contributed by atoms with Crippen LogP contribution in [0, 0.1) is 5.92 Å². The number of hydrogen-bond acceptors (Lipinski definition) is 2. The highest BCUT2D eigenvalue weighted by Gasteiger charge is 2.21. The van der Waals surface area contributed by atoms with Crippen LogP contribution in [0.3, 0.4) is 0 Å². The summed E-state index contributed by atoms with van der Waals surface area (Å²) < 4.78 is 0. The fourth-order valence-corrected chi connectivity index (χ4v) is 3.33. The van der Waals surface area contributed by atoms with E-state index in [2.05, 4.69) is 36.1 Å². The lowest BCUT2D eigenvalue weighted by Gasteiger charge is -2.26. The van der Waals surface area contributed by atoms with Crippen molar-refractivity contribution < 1.29 is 0 Å². The van der Waals surface area contributed by atoms with Crippen LogP contribution in [0.25, 0.3) is 0 Å². The van der Waals surface area contributed by atoms with Crippen molar-refractivity contribution in [2.24, 2.45) is 11.7 Å². The zero-order valence-corrected chi connectivity index (χ0v) is 13.2. The summed E-state index contributed by atoms with van der Waals surface area (Å²) in [5.41, 5.74) is 7.23. The first-order valence-electron chi connectivity index (χ1n) is 7.77. The highest BCUT2D eigenvalue weighted by atomic mass is 32.1. The van der Waals surface area contributed by atoms with Crippen LogP contribution in [0.2, 0.25) is 0 Å². The second-order valence-electron chi connectivity index (χ2n) is 5.87. The molecule has 110 valence electrons. The predicted molar refractivity (Wildman–Crippen MR) is 90.0 cm³/mol. The summed E-state index contributed by atoms with van der Waals surface area (Å²) in [6.45, 7) is 5.64. The summed E-state index contributed by atoms with van der Waals surface area (Å²) in [6.07, 6.45) is 5.30. The fourth-order valence-electron chi connectivity index (χ4n) is 3.12. The fraction of sp³-hybridized carbons (Fsp3) is 0.588. The van der Waals surface area contributed by atoms with Crippen LogP contribution in [0.15, 0.2) is 30.3 Å². The molecule has 0 aliphatic carbocycles. The molecule has 0 radical (unpaired) electrons. The van der Waals surface area contributed by atoms with Crippen LogP contribution in [0.1, 0.15) is 44.1 Å². The summed E-state index contributed by atoms with van der Waals surface area (Å²) in [5, 5.41) is 0. The van der Waals surface area contributed by atoms with E-state index in [-0.39, 0.29) is 5.92 Å². The number of nitrogens with two attached hydrogens (primary N) is 1. The highest BCUT2D eigenvalue weighted by molar-refractivity contribution is 7.80. The van der Waals surface area contributed by atoms with Gasteiger partial charge in [0.05, 0.1) is 4.99 Å². The van der Waals surface area contributed by atoms with E-state index in [1.165, 1.54) is 44.3 Å². The Balaban J connectivity index is 2.00. The van der Waals surface area contributed by atoms with E-state index in [9.17, 15) is 0 Å². The minimum Gasteiger partial charge on any atom is -0.393 e. The largest absolute Gasteiger partial charge is 0.393 e. The topological polar surface area (TPSA) is 29.3 Å². The smallest absolute Gasteiger partial charge is 0.0816 e. The number of nitrogens with zero attached hydrogens (tertiary/aromatic N) is 1. The number of hydrogen-bond donors (Lipinski definition) is 1. The molecule has 0 spiro atoms. The van der Waals surface area contributed by atoms with Gasteiger partial charge in [-0.05, 0) is 43.8 Å². The van der Waals surface area contributed by atoms with Crippen molar-refractivity contribution in [2.45, 2.75) is 38.5 Å². The van der Waals surface area contributed by atoms with Crippen molar-refractivity contribution in [2.75, 3.05) is 19.6 Å². The van der Waals surface area contributed by atoms with Gasteiger partial charge in [-0.15, -0.1) is 0 Å². The first-order chi connectivity index (χ1) is 9.70. The first kappa shape index (κ1) is 15.5. The maximum atomic E-state index is 5.98. The minimum atomic E-state index is 0.185. The Kier molecular flexibility index (Phi) is 5.99. The van der Waals surface area contributed by atoms with Gasteiger partial charge >= 0.3 is 0 Å². The molecule has 0 bridgehead atoms. The van der Waals surface area contributed by atoms with Crippen molar-refractivity contribution in [3.8, 4) is 0 Å². The second-order valence-corrected chi connectivity index (χ2v) is 6.34. The zero-order chi connectivity index (χ0) is 14.4. The standard InChI is InChI=1S/C17H26N2S/c1-2-14-7-6-11-19(12-10-14)13-16(17(18)20)15-8-4-3-5-9-15/h3-5,8-9,14,16H,2,6-7,10-13H2,1H3,(H2,18,20). The molecule has 1 aliphatic rings. The molecule has 20 heavy (non-hydrogen) atoms. The normalized spacial score (nSPS) is 22.1. The Hall–Kier alpha value is -0.930. The SMILES string of the molecule is CCC1CCCN(CC(C(N)=S)c2ccccc2)CC1. The van der Waals surface area contributed by atoms with Crippen LogP contribution in [-0.2, 0) is 0 Å². The molecular weight excluding hydrogens is 264 g/mol.